The zero-order valence-electron chi connectivity index (χ0n) is 59.2. The number of carboxylic acid groups (broad SMARTS) is 1. The van der Waals surface area contributed by atoms with Gasteiger partial charge < -0.3 is 106 Å². The predicted octanol–water partition coefficient (Wildman–Crippen LogP) is 2.05. The number of fused-ring (bicyclic) bond motifs is 3. The van der Waals surface area contributed by atoms with Gasteiger partial charge in [0.15, 0.2) is 11.9 Å². The van der Waals surface area contributed by atoms with E-state index in [0.29, 0.717) is 58.0 Å². The smallest absolute Gasteiger partial charge is 0.326 e. The molecule has 564 valence electrons. The van der Waals surface area contributed by atoms with Crippen LogP contribution in [0.5, 0.6) is 11.5 Å². The minimum atomic E-state index is -1.56. The van der Waals surface area contributed by atoms with Crippen LogP contribution in [0, 0.1) is 16.7 Å². The number of aliphatic carboxylic acids is 1. The zero-order chi connectivity index (χ0) is 76.4. The Balaban J connectivity index is 1.10. The fraction of sp³-hybridized carbons (Fsp3) is 0.373. The van der Waals surface area contributed by atoms with Crippen molar-refractivity contribution in [1.29, 1.82) is 10.8 Å². The van der Waals surface area contributed by atoms with E-state index in [2.05, 4.69) is 68.1 Å². The van der Waals surface area contributed by atoms with Crippen LogP contribution >= 0.6 is 0 Å². The number of carbonyl (C=O) groups excluding carboxylic acids is 8. The number of carboxylic acids is 1. The Morgan fingerprint density at radius 2 is 0.764 bits per heavy atom. The van der Waals surface area contributed by atoms with Gasteiger partial charge in [-0.25, -0.2) is 4.79 Å². The molecule has 106 heavy (non-hydrogen) atoms. The number of para-hydroxylation sites is 3. The molecule has 8 rings (SSSR count). The molecular formula is C75H97N19O12. The quantitative estimate of drug-likeness (QED) is 0.0148. The summed E-state index contributed by atoms with van der Waals surface area (Å²) in [5, 5.41) is 76.1. The molecule has 0 saturated heterocycles. The van der Waals surface area contributed by atoms with Crippen molar-refractivity contribution in [3.05, 3.63) is 168 Å². The van der Waals surface area contributed by atoms with Gasteiger partial charge in [-0.05, 0) is 128 Å². The summed E-state index contributed by atoms with van der Waals surface area (Å²) in [6, 6.07) is 20.7. The van der Waals surface area contributed by atoms with E-state index in [4.69, 9.17) is 33.8 Å². The van der Waals surface area contributed by atoms with E-state index in [1.807, 2.05) is 55.5 Å². The molecule has 31 heteroatoms. The lowest BCUT2D eigenvalue weighted by Gasteiger charge is -2.29. The van der Waals surface area contributed by atoms with Crippen molar-refractivity contribution < 1.29 is 58.5 Å². The van der Waals surface area contributed by atoms with Crippen LogP contribution in [0.2, 0.25) is 0 Å². The van der Waals surface area contributed by atoms with Crippen LogP contribution in [0.25, 0.3) is 32.7 Å². The summed E-state index contributed by atoms with van der Waals surface area (Å²) in [5.41, 5.74) is 28.0. The number of rotatable bonds is 41. The highest BCUT2D eigenvalue weighted by atomic mass is 16.4. The molecule has 0 unspecified atom stereocenters. The molecular weight excluding hydrogens is 1360 g/mol. The highest BCUT2D eigenvalue weighted by Crippen LogP contribution is 2.24. The van der Waals surface area contributed by atoms with Gasteiger partial charge in [-0.3, -0.25) is 49.2 Å². The maximum Gasteiger partial charge on any atom is 0.326 e. The third-order valence-electron chi connectivity index (χ3n) is 18.5. The van der Waals surface area contributed by atoms with E-state index in [0.717, 1.165) is 21.8 Å². The van der Waals surface area contributed by atoms with Crippen LogP contribution in [0.3, 0.4) is 0 Å². The number of carbonyl (C=O) groups is 9. The first-order chi connectivity index (χ1) is 50.9. The molecule has 26 N–H and O–H groups in total. The van der Waals surface area contributed by atoms with Gasteiger partial charge in [-0.1, -0.05) is 99.1 Å². The molecule has 3 aromatic heterocycles. The van der Waals surface area contributed by atoms with Gasteiger partial charge in [-0.2, -0.15) is 0 Å². The van der Waals surface area contributed by atoms with Crippen LogP contribution in [0.4, 0.5) is 0 Å². The number of guanidine groups is 2. The van der Waals surface area contributed by atoms with Crippen molar-refractivity contribution in [2.45, 2.75) is 152 Å². The number of aromatic nitrogens is 3. The molecule has 0 radical (unpaired) electrons. The number of nitrogens with two attached hydrogens (primary N) is 4. The van der Waals surface area contributed by atoms with Crippen molar-refractivity contribution in [3.63, 3.8) is 0 Å². The summed E-state index contributed by atoms with van der Waals surface area (Å²) in [6.45, 7) is 4.15. The van der Waals surface area contributed by atoms with Gasteiger partial charge in [0.05, 0.1) is 6.04 Å². The molecule has 8 aromatic rings. The van der Waals surface area contributed by atoms with Crippen molar-refractivity contribution in [2.75, 3.05) is 19.6 Å². The number of aromatic amines is 3. The van der Waals surface area contributed by atoms with Crippen LogP contribution in [-0.2, 0) is 75.3 Å². The second-order valence-corrected chi connectivity index (χ2v) is 26.4. The van der Waals surface area contributed by atoms with E-state index in [9.17, 15) is 39.3 Å². The molecule has 31 nitrogen and oxygen atoms in total. The highest BCUT2D eigenvalue weighted by molar-refractivity contribution is 5.99. The number of H-pyrrole nitrogens is 3. The van der Waals surface area contributed by atoms with Gasteiger partial charge in [0.2, 0.25) is 47.3 Å². The summed E-state index contributed by atoms with van der Waals surface area (Å²) >= 11 is 0. The first-order valence-electron chi connectivity index (χ1n) is 35.4. The van der Waals surface area contributed by atoms with Crippen LogP contribution in [-0.4, -0.2) is 169 Å². The second kappa shape index (κ2) is 39.0. The van der Waals surface area contributed by atoms with E-state index in [1.165, 1.54) is 48.5 Å². The van der Waals surface area contributed by atoms with Gasteiger partial charge in [-0.15, -0.1) is 0 Å². The molecule has 0 saturated carbocycles. The van der Waals surface area contributed by atoms with Gasteiger partial charge in [0.1, 0.15) is 59.8 Å². The summed E-state index contributed by atoms with van der Waals surface area (Å²) in [4.78, 5) is 142. The van der Waals surface area contributed by atoms with Gasteiger partial charge >= 0.3 is 5.97 Å². The van der Waals surface area contributed by atoms with Crippen molar-refractivity contribution in [3.8, 4) is 11.5 Å². The second-order valence-electron chi connectivity index (χ2n) is 26.4. The summed E-state index contributed by atoms with van der Waals surface area (Å²) in [5.74, 6) is -9.30. The number of hydrogen-bond acceptors (Lipinski definition) is 15. The standard InChI is InChI=1S/C75H97N19O12/c1-3-42(2)64(94-65(97)53(77)17-12-32-82-74(78)79)72(104)92-62(37-46-40-85-55-19-8-5-15-51(46)55)71(103)90-60(35-44-25-29-49(96)30-26-44)69(101)91-61(36-45-39-84-54-18-7-4-14-50(45)54)70(102)89-59(34-43-23-27-48(95)28-24-43)68(100)88-57(21-10-11-31-76)66(98)87-58(22-13-33-83-75(80)81)67(99)93-63(73(105)106)38-47-41-86-56-20-9-6-16-52(47)56/h4-9,14-16,18-20,23-30,39-42,53,57-64,84-86,95-96H,3,10-13,17,21-22,31-38,76-77H2,1-2H3,(H,87,98)(H,88,100)(H,89,102)(H,90,103)(H,91,101)(H,92,104)(H,93,99)(H,94,97)(H,105,106)(H4,78,79,82)(H4,80,81,83)/t42-,53-,57-,58-,59-,60-,61-,62-,63-,64-/m0/s1. The lowest BCUT2D eigenvalue weighted by Crippen LogP contribution is -2.61. The topological polar surface area (TPSA) is 534 Å². The number of nitrogens with one attached hydrogen (secondary N) is 15. The molecule has 0 aliphatic carbocycles. The molecule has 0 aliphatic rings. The Morgan fingerprint density at radius 3 is 1.15 bits per heavy atom. The van der Waals surface area contributed by atoms with E-state index >= 15 is 19.2 Å². The monoisotopic (exact) mass is 1460 g/mol. The number of aromatic hydroxyl groups is 2. The van der Waals surface area contributed by atoms with E-state index in [1.54, 1.807) is 49.8 Å². The van der Waals surface area contributed by atoms with Crippen LogP contribution in [0.1, 0.15) is 93.0 Å². The van der Waals surface area contributed by atoms with Gasteiger partial charge in [0, 0.05) is 96.5 Å². The Bertz CT molecular complexity index is 4350. The Labute approximate surface area is 612 Å². The number of unbranched alkanes of at least 4 members (excludes halogenated alkanes) is 1. The van der Waals surface area contributed by atoms with E-state index < -0.39 is 114 Å². The van der Waals surface area contributed by atoms with Crippen molar-refractivity contribution in [2.24, 2.45) is 28.9 Å². The third-order valence-corrected chi connectivity index (χ3v) is 18.5. The fourth-order valence-electron chi connectivity index (χ4n) is 12.4. The van der Waals surface area contributed by atoms with Crippen LogP contribution < -0.4 is 76.1 Å². The van der Waals surface area contributed by atoms with Gasteiger partial charge in [0.25, 0.3) is 0 Å². The molecule has 0 aliphatic heterocycles. The van der Waals surface area contributed by atoms with Crippen LogP contribution in [0.15, 0.2) is 140 Å². The maximum absolute atomic E-state index is 15.5. The number of benzene rings is 5. The average molecular weight is 1460 g/mol. The number of amides is 8. The molecule has 5 aromatic carbocycles. The summed E-state index contributed by atoms with van der Waals surface area (Å²) < 4.78 is 0. The zero-order valence-corrected chi connectivity index (χ0v) is 59.2. The largest absolute Gasteiger partial charge is 0.508 e. The lowest BCUT2D eigenvalue weighted by molar-refractivity contribution is -0.142. The Hall–Kier alpha value is -12.0. The number of phenolic OH excluding ortho intramolecular Hbond substituents is 2. The third kappa shape index (κ3) is 23.3. The Morgan fingerprint density at radius 1 is 0.425 bits per heavy atom. The molecule has 0 bridgehead atoms. The average Bonchev–Trinajstić information content (AvgIpc) is 1.62. The number of phenols is 2. The predicted molar refractivity (Wildman–Crippen MR) is 401 cm³/mol. The number of hydrogen-bond donors (Lipinski definition) is 22. The van der Waals surface area contributed by atoms with Crippen molar-refractivity contribution >= 4 is 97.9 Å². The van der Waals surface area contributed by atoms with Crippen molar-refractivity contribution in [1.82, 2.24) is 68.1 Å². The fourth-order valence-corrected chi connectivity index (χ4v) is 12.4. The Kier molecular flexibility index (Phi) is 29.4. The van der Waals surface area contributed by atoms with E-state index in [-0.39, 0.29) is 107 Å². The highest BCUT2D eigenvalue weighted by Gasteiger charge is 2.37. The minimum absolute atomic E-state index is 0.0420. The normalized spacial score (nSPS) is 14.1. The molecule has 8 amide bonds. The summed E-state index contributed by atoms with van der Waals surface area (Å²) in [7, 11) is 0. The first-order valence-corrected chi connectivity index (χ1v) is 35.4. The minimum Gasteiger partial charge on any atom is -0.508 e. The SMILES string of the molecule is CC[C@H](C)[C@H](NC(=O)[C@@H](N)CCCNC(=N)N)C(=O)N[C@@H](Cc1c[nH]c2ccccc12)C(=O)N[C@@H](Cc1ccc(O)cc1)C(=O)N[C@@H](Cc1c[nH]c2ccccc12)C(=O)N[C@@H](Cc1ccc(O)cc1)C(=O)N[C@@H](CCCCN)C(=O)N[C@@H](CCCNC(=N)N)C(=O)N[C@@H](Cc1c[nH]c2ccccc12)C(=O)O. The summed E-state index contributed by atoms with van der Waals surface area (Å²) in [6.07, 6.45) is 5.64. The lowest BCUT2D eigenvalue weighted by atomic mass is 9.96. The molecule has 0 spiro atoms. The first kappa shape index (κ1) is 79.7. The molecule has 0 fully saturated rings. The molecule has 10 atom stereocenters. The maximum atomic E-state index is 15.5. The molecule has 3 heterocycles.